The predicted molar refractivity (Wildman–Crippen MR) is 105 cm³/mol. The third-order valence-electron chi connectivity index (χ3n) is 4.72. The fourth-order valence-electron chi connectivity index (χ4n) is 3.14. The van der Waals surface area contributed by atoms with Crippen LogP contribution in [0.2, 0.25) is 0 Å². The zero-order chi connectivity index (χ0) is 20.3. The molecule has 9 nitrogen and oxygen atoms in total. The average Bonchev–Trinajstić information content (AvgIpc) is 3.24. The minimum absolute atomic E-state index is 0.0779. The van der Waals surface area contributed by atoms with Crippen LogP contribution in [0.15, 0.2) is 49.1 Å². The molecule has 1 aliphatic heterocycles. The van der Waals surface area contributed by atoms with Crippen LogP contribution in [0.4, 0.5) is 5.82 Å². The van der Waals surface area contributed by atoms with Crippen molar-refractivity contribution in [1.82, 2.24) is 19.5 Å². The van der Waals surface area contributed by atoms with Gasteiger partial charge in [-0.3, -0.25) is 4.57 Å². The van der Waals surface area contributed by atoms with Crippen molar-refractivity contribution in [3.63, 3.8) is 0 Å². The molecule has 1 aliphatic rings. The predicted octanol–water partition coefficient (Wildman–Crippen LogP) is 0.927. The van der Waals surface area contributed by atoms with E-state index in [-0.39, 0.29) is 6.04 Å². The molecule has 0 amide bonds. The van der Waals surface area contributed by atoms with E-state index in [9.17, 15) is 15.3 Å². The largest absolute Gasteiger partial charge is 0.394 e. The van der Waals surface area contributed by atoms with E-state index in [0.29, 0.717) is 17.0 Å². The van der Waals surface area contributed by atoms with Crippen molar-refractivity contribution in [3.05, 3.63) is 49.1 Å². The summed E-state index contributed by atoms with van der Waals surface area (Å²) in [7, 11) is 0. The molecule has 9 heteroatoms. The highest BCUT2D eigenvalue weighted by Gasteiger charge is 2.44. The normalized spacial score (nSPS) is 26.8. The Morgan fingerprint density at radius 2 is 2.14 bits per heavy atom. The molecular weight excluding hydrogens is 362 g/mol. The number of allylic oxidation sites excluding steroid dienone is 3. The number of ether oxygens (including phenoxy) is 1. The zero-order valence-electron chi connectivity index (χ0n) is 15.8. The van der Waals surface area contributed by atoms with Crippen LogP contribution >= 0.6 is 0 Å². The van der Waals surface area contributed by atoms with E-state index >= 15 is 0 Å². The van der Waals surface area contributed by atoms with Gasteiger partial charge >= 0.3 is 0 Å². The van der Waals surface area contributed by atoms with Gasteiger partial charge < -0.3 is 25.4 Å². The van der Waals surface area contributed by atoms with E-state index in [1.54, 1.807) is 6.08 Å². The molecule has 3 heterocycles. The molecule has 2 aromatic rings. The molecule has 3 rings (SSSR count). The number of aliphatic hydroxyl groups excluding tert-OH is 3. The van der Waals surface area contributed by atoms with Crippen LogP contribution in [0.1, 0.15) is 20.1 Å². The number of aromatic nitrogens is 4. The van der Waals surface area contributed by atoms with Gasteiger partial charge in [0.2, 0.25) is 0 Å². The molecule has 5 atom stereocenters. The summed E-state index contributed by atoms with van der Waals surface area (Å²) < 4.78 is 7.10. The van der Waals surface area contributed by atoms with Crippen molar-refractivity contribution in [2.45, 2.75) is 44.4 Å². The SMILES string of the molecule is C=C/C(=C\C=C/C)C(C)Nc1ncnc2c1ncn2C1OC(CO)C(O)C1O. The number of nitrogens with zero attached hydrogens (tertiary/aromatic N) is 4. The summed E-state index contributed by atoms with van der Waals surface area (Å²) >= 11 is 0. The number of nitrogens with one attached hydrogen (secondary N) is 1. The highest BCUT2D eigenvalue weighted by molar-refractivity contribution is 5.83. The van der Waals surface area contributed by atoms with Gasteiger partial charge in [0.05, 0.1) is 12.9 Å². The Morgan fingerprint density at radius 1 is 1.36 bits per heavy atom. The average molecular weight is 387 g/mol. The van der Waals surface area contributed by atoms with Crippen molar-refractivity contribution in [3.8, 4) is 0 Å². The van der Waals surface area contributed by atoms with Gasteiger partial charge in [0.1, 0.15) is 24.6 Å². The van der Waals surface area contributed by atoms with Crippen LogP contribution in [0.5, 0.6) is 0 Å². The van der Waals surface area contributed by atoms with Crippen molar-refractivity contribution in [1.29, 1.82) is 0 Å². The second-order valence-electron chi connectivity index (χ2n) is 6.54. The maximum atomic E-state index is 10.3. The molecule has 2 aromatic heterocycles. The Morgan fingerprint density at radius 3 is 2.79 bits per heavy atom. The summed E-state index contributed by atoms with van der Waals surface area (Å²) in [6.45, 7) is 7.36. The summed E-state index contributed by atoms with van der Waals surface area (Å²) in [5.41, 5.74) is 1.92. The smallest absolute Gasteiger partial charge is 0.167 e. The first-order valence-corrected chi connectivity index (χ1v) is 9.03. The van der Waals surface area contributed by atoms with Gasteiger partial charge in [-0.05, 0) is 19.4 Å². The Kier molecular flexibility index (Phi) is 6.20. The summed E-state index contributed by atoms with van der Waals surface area (Å²) in [6.07, 6.45) is 6.27. The first-order chi connectivity index (χ1) is 13.5. The minimum Gasteiger partial charge on any atom is -0.394 e. The monoisotopic (exact) mass is 387 g/mol. The molecule has 1 fully saturated rings. The van der Waals surface area contributed by atoms with Gasteiger partial charge in [-0.2, -0.15) is 0 Å². The molecule has 0 aromatic carbocycles. The number of rotatable bonds is 7. The van der Waals surface area contributed by atoms with Crippen molar-refractivity contribution < 1.29 is 20.1 Å². The summed E-state index contributed by atoms with van der Waals surface area (Å²) in [5, 5.41) is 32.9. The van der Waals surface area contributed by atoms with Crippen LogP contribution in [0.3, 0.4) is 0 Å². The van der Waals surface area contributed by atoms with Crippen LogP contribution in [-0.4, -0.2) is 65.8 Å². The zero-order valence-corrected chi connectivity index (χ0v) is 15.8. The molecule has 5 unspecified atom stereocenters. The molecule has 4 N–H and O–H groups in total. The van der Waals surface area contributed by atoms with Crippen LogP contribution in [0.25, 0.3) is 11.2 Å². The first-order valence-electron chi connectivity index (χ1n) is 9.03. The van der Waals surface area contributed by atoms with Crippen LogP contribution in [-0.2, 0) is 4.74 Å². The van der Waals surface area contributed by atoms with Gasteiger partial charge in [0, 0.05) is 6.04 Å². The Hall–Kier alpha value is -2.59. The fraction of sp³-hybridized carbons (Fsp3) is 0.421. The number of fused-ring (bicyclic) bond motifs is 1. The maximum Gasteiger partial charge on any atom is 0.167 e. The lowest BCUT2D eigenvalue weighted by atomic mass is 10.1. The minimum atomic E-state index is -1.21. The first kappa shape index (κ1) is 20.2. The second-order valence-corrected chi connectivity index (χ2v) is 6.54. The highest BCUT2D eigenvalue weighted by Crippen LogP contribution is 2.32. The fourth-order valence-corrected chi connectivity index (χ4v) is 3.14. The summed E-state index contributed by atoms with van der Waals surface area (Å²) in [6, 6.07) is -0.0779. The molecule has 0 spiro atoms. The second kappa shape index (κ2) is 8.61. The third kappa shape index (κ3) is 3.69. The van der Waals surface area contributed by atoms with Crippen molar-refractivity contribution >= 4 is 17.0 Å². The number of aliphatic hydroxyl groups is 3. The van der Waals surface area contributed by atoms with Crippen molar-refractivity contribution in [2.24, 2.45) is 0 Å². The van der Waals surface area contributed by atoms with Crippen molar-refractivity contribution in [2.75, 3.05) is 11.9 Å². The number of hydrogen-bond donors (Lipinski definition) is 4. The maximum absolute atomic E-state index is 10.3. The van der Waals surface area contributed by atoms with Gasteiger partial charge in [-0.15, -0.1) is 0 Å². The van der Waals surface area contributed by atoms with Gasteiger partial charge in [0.15, 0.2) is 23.2 Å². The molecule has 1 saturated heterocycles. The Balaban J connectivity index is 1.91. The van der Waals surface area contributed by atoms with E-state index in [1.807, 2.05) is 32.1 Å². The lowest BCUT2D eigenvalue weighted by Gasteiger charge is -2.17. The highest BCUT2D eigenvalue weighted by atomic mass is 16.6. The quantitative estimate of drug-likeness (QED) is 0.517. The molecule has 0 radical (unpaired) electrons. The summed E-state index contributed by atoms with van der Waals surface area (Å²) in [5.74, 6) is 0.524. The topological polar surface area (TPSA) is 126 Å². The summed E-state index contributed by atoms with van der Waals surface area (Å²) in [4.78, 5) is 12.9. The third-order valence-corrected chi connectivity index (χ3v) is 4.72. The lowest BCUT2D eigenvalue weighted by Crippen LogP contribution is -2.33. The number of imidazole rings is 1. The van der Waals surface area contributed by atoms with E-state index in [2.05, 4.69) is 26.8 Å². The number of hydrogen-bond acceptors (Lipinski definition) is 8. The Labute approximate surface area is 162 Å². The van der Waals surface area contributed by atoms with E-state index < -0.39 is 31.1 Å². The molecule has 28 heavy (non-hydrogen) atoms. The molecule has 150 valence electrons. The van der Waals surface area contributed by atoms with E-state index in [1.165, 1.54) is 17.2 Å². The standard InChI is InChI=1S/C19H25N5O4/c1-4-6-7-12(5-2)11(3)23-17-14-18(21-9-20-17)24(10-22-14)19-16(27)15(26)13(8-25)28-19/h4-7,9-11,13,15-16,19,25-27H,2,8H2,1,3H3,(H,20,21,23)/b6-4-,12-7+. The van der Waals surface area contributed by atoms with Gasteiger partial charge in [0.25, 0.3) is 0 Å². The molecule has 0 bridgehead atoms. The van der Waals surface area contributed by atoms with E-state index in [4.69, 9.17) is 4.74 Å². The van der Waals surface area contributed by atoms with Gasteiger partial charge in [-0.25, -0.2) is 15.0 Å². The van der Waals surface area contributed by atoms with Crippen LogP contribution < -0.4 is 5.32 Å². The lowest BCUT2D eigenvalue weighted by molar-refractivity contribution is -0.0511. The van der Waals surface area contributed by atoms with E-state index in [0.717, 1.165) is 5.57 Å². The van der Waals surface area contributed by atoms with Crippen LogP contribution in [0, 0.1) is 0 Å². The Bertz CT molecular complexity index is 894. The molecule has 0 aliphatic carbocycles. The molecule has 0 saturated carbocycles. The van der Waals surface area contributed by atoms with Gasteiger partial charge in [-0.1, -0.05) is 30.9 Å². The number of anilines is 1. The molecular formula is C19H25N5O4.